The Bertz CT molecular complexity index is 1330. The summed E-state index contributed by atoms with van der Waals surface area (Å²) in [7, 11) is 5.51. The maximum Gasteiger partial charge on any atom is 0.362 e. The molecule has 0 fully saturated rings. The van der Waals surface area contributed by atoms with Crippen LogP contribution in [0.25, 0.3) is 0 Å². The first-order valence-corrected chi connectivity index (χ1v) is 24.3. The van der Waals surface area contributed by atoms with Crippen molar-refractivity contribution in [1.82, 2.24) is 0 Å². The molecule has 0 heterocycles. The number of hydrogen-bond donors (Lipinski definition) is 1. The number of carbonyl (C=O) groups is 3. The number of quaternary nitrogens is 1. The van der Waals surface area contributed by atoms with Gasteiger partial charge in [0, 0.05) is 19.3 Å². The molecule has 8 heteroatoms. The molecule has 0 bridgehead atoms. The maximum atomic E-state index is 12.8. The third-order valence-electron chi connectivity index (χ3n) is 10.2. The van der Waals surface area contributed by atoms with Gasteiger partial charge >= 0.3 is 17.9 Å². The SMILES string of the molecule is CC/C=C\C/C=C\C/C=C\C/C=C\CCCCCCCCCCC(=O)OC(COCCC(C(=O)O)[N+](C)(C)C)COC(=O)CCCCCC/C=C\C/C=C\C/C=C\C/C=C\CC. The molecule has 352 valence electrons. The summed E-state index contributed by atoms with van der Waals surface area (Å²) >= 11 is 0. The van der Waals surface area contributed by atoms with Gasteiger partial charge in [-0.2, -0.15) is 0 Å². The number of carboxylic acid groups (broad SMARTS) is 1. The van der Waals surface area contributed by atoms with E-state index in [1.54, 1.807) is 0 Å². The standard InChI is InChI=1S/C54H89NO7/c1-6-8-10-12-14-16-18-20-22-24-25-26-27-29-31-33-35-37-39-41-43-45-53(57)62-50(48-60-47-46-51(54(58)59)55(3,4)5)49-61-52(56)44-42-40-38-36-34-32-30-28-23-21-19-17-15-13-11-9-7-2/h8-11,14-17,20-23,25-26,30,32,50-51H,6-7,12-13,18-19,24,27-29,31,33-49H2,1-5H3/p+1/b10-8-,11-9-,16-14-,17-15-,22-20-,23-21-,26-25-,32-30-. The van der Waals surface area contributed by atoms with Crippen molar-refractivity contribution in [1.29, 1.82) is 0 Å². The number of ether oxygens (including phenoxy) is 3. The van der Waals surface area contributed by atoms with Gasteiger partial charge in [0.15, 0.2) is 12.1 Å². The fourth-order valence-corrected chi connectivity index (χ4v) is 6.54. The van der Waals surface area contributed by atoms with Gasteiger partial charge in [-0.15, -0.1) is 0 Å². The Morgan fingerprint density at radius 3 is 1.26 bits per heavy atom. The second kappa shape index (κ2) is 43.9. The first-order valence-electron chi connectivity index (χ1n) is 24.3. The highest BCUT2D eigenvalue weighted by Crippen LogP contribution is 2.14. The van der Waals surface area contributed by atoms with Crippen molar-refractivity contribution < 1.29 is 38.2 Å². The number of unbranched alkanes of at least 4 members (excludes halogenated alkanes) is 12. The molecule has 0 aliphatic carbocycles. The quantitative estimate of drug-likeness (QED) is 0.0282. The molecule has 0 spiro atoms. The van der Waals surface area contributed by atoms with Crippen LogP contribution >= 0.6 is 0 Å². The third kappa shape index (κ3) is 41.6. The summed E-state index contributed by atoms with van der Waals surface area (Å²) in [6, 6.07) is -0.626. The molecule has 1 N–H and O–H groups in total. The van der Waals surface area contributed by atoms with Crippen LogP contribution in [0.4, 0.5) is 0 Å². The van der Waals surface area contributed by atoms with Crippen LogP contribution < -0.4 is 0 Å². The molecular formula is C54H90NO7+. The van der Waals surface area contributed by atoms with Gasteiger partial charge in [0.1, 0.15) is 6.61 Å². The van der Waals surface area contributed by atoms with Crippen LogP contribution in [0.3, 0.4) is 0 Å². The van der Waals surface area contributed by atoms with E-state index in [9.17, 15) is 19.5 Å². The molecule has 8 nitrogen and oxygen atoms in total. The van der Waals surface area contributed by atoms with Gasteiger partial charge in [-0.05, 0) is 89.9 Å². The molecule has 0 aromatic rings. The Labute approximate surface area is 379 Å². The lowest BCUT2D eigenvalue weighted by molar-refractivity contribution is -0.887. The van der Waals surface area contributed by atoms with Crippen molar-refractivity contribution in [3.63, 3.8) is 0 Å². The monoisotopic (exact) mass is 865 g/mol. The summed E-state index contributed by atoms with van der Waals surface area (Å²) in [4.78, 5) is 37.1. The number of aliphatic carboxylic acids is 1. The number of hydrogen-bond acceptors (Lipinski definition) is 6. The molecular weight excluding hydrogens is 775 g/mol. The van der Waals surface area contributed by atoms with Gasteiger partial charge in [0.25, 0.3) is 0 Å². The summed E-state index contributed by atoms with van der Waals surface area (Å²) < 4.78 is 17.3. The van der Waals surface area contributed by atoms with Gasteiger partial charge in [-0.1, -0.05) is 162 Å². The molecule has 0 radical (unpaired) electrons. The molecule has 0 saturated carbocycles. The number of carboxylic acids is 1. The lowest BCUT2D eigenvalue weighted by Gasteiger charge is -2.31. The predicted molar refractivity (Wildman–Crippen MR) is 261 cm³/mol. The van der Waals surface area contributed by atoms with E-state index in [1.807, 2.05) is 21.1 Å². The van der Waals surface area contributed by atoms with Crippen molar-refractivity contribution in [2.24, 2.45) is 0 Å². The molecule has 0 rings (SSSR count). The highest BCUT2D eigenvalue weighted by Gasteiger charge is 2.31. The van der Waals surface area contributed by atoms with Crippen LogP contribution in [-0.2, 0) is 28.6 Å². The summed E-state index contributed by atoms with van der Waals surface area (Å²) in [6.07, 6.45) is 58.8. The summed E-state index contributed by atoms with van der Waals surface area (Å²) in [6.45, 7) is 4.47. The van der Waals surface area contributed by atoms with Crippen molar-refractivity contribution in [2.75, 3.05) is 41.0 Å². The largest absolute Gasteiger partial charge is 0.477 e. The average molecular weight is 865 g/mol. The van der Waals surface area contributed by atoms with Gasteiger partial charge < -0.3 is 23.8 Å². The second-order valence-corrected chi connectivity index (χ2v) is 17.0. The number of likely N-dealkylation sites (N-methyl/N-ethyl adjacent to an activating group) is 1. The van der Waals surface area contributed by atoms with Gasteiger partial charge in [0.2, 0.25) is 0 Å². The molecule has 0 aromatic carbocycles. The van der Waals surface area contributed by atoms with Crippen molar-refractivity contribution in [3.05, 3.63) is 97.2 Å². The fourth-order valence-electron chi connectivity index (χ4n) is 6.54. The molecule has 62 heavy (non-hydrogen) atoms. The van der Waals surface area contributed by atoms with E-state index in [0.29, 0.717) is 19.3 Å². The zero-order chi connectivity index (χ0) is 45.6. The van der Waals surface area contributed by atoms with Crippen LogP contribution in [-0.4, -0.2) is 80.6 Å². The first-order chi connectivity index (χ1) is 30.1. The van der Waals surface area contributed by atoms with E-state index < -0.39 is 18.1 Å². The molecule has 0 aliphatic rings. The van der Waals surface area contributed by atoms with Crippen molar-refractivity contribution >= 4 is 17.9 Å². The topological polar surface area (TPSA) is 99.1 Å². The molecule has 0 saturated heterocycles. The predicted octanol–water partition coefficient (Wildman–Crippen LogP) is 13.9. The van der Waals surface area contributed by atoms with Crippen LogP contribution in [0.2, 0.25) is 0 Å². The number of allylic oxidation sites excluding steroid dienone is 16. The van der Waals surface area contributed by atoms with Gasteiger partial charge in [-0.3, -0.25) is 9.59 Å². The van der Waals surface area contributed by atoms with Crippen LogP contribution in [0.1, 0.15) is 174 Å². The molecule has 0 amide bonds. The molecule has 2 unspecified atom stereocenters. The Kier molecular flexibility index (Phi) is 41.2. The summed E-state index contributed by atoms with van der Waals surface area (Å²) in [5.74, 6) is -1.52. The average Bonchev–Trinajstić information content (AvgIpc) is 3.23. The Morgan fingerprint density at radius 2 is 0.855 bits per heavy atom. The minimum atomic E-state index is -0.884. The number of esters is 2. The molecule has 0 aliphatic heterocycles. The number of nitrogens with zero attached hydrogens (tertiary/aromatic N) is 1. The highest BCUT2D eigenvalue weighted by molar-refractivity contribution is 5.72. The minimum absolute atomic E-state index is 0.0437. The van der Waals surface area contributed by atoms with Crippen LogP contribution in [0.5, 0.6) is 0 Å². The Hall–Kier alpha value is -3.75. The van der Waals surface area contributed by atoms with E-state index in [0.717, 1.165) is 109 Å². The fraction of sp³-hybridized carbons (Fsp3) is 0.648. The van der Waals surface area contributed by atoms with E-state index in [2.05, 4.69) is 111 Å². The minimum Gasteiger partial charge on any atom is -0.477 e. The third-order valence-corrected chi connectivity index (χ3v) is 10.2. The summed E-state index contributed by atoms with van der Waals surface area (Å²) in [5.41, 5.74) is 0. The molecule has 0 aromatic heterocycles. The van der Waals surface area contributed by atoms with Gasteiger partial charge in [0.05, 0.1) is 34.4 Å². The van der Waals surface area contributed by atoms with Crippen molar-refractivity contribution in [3.8, 4) is 0 Å². The van der Waals surface area contributed by atoms with E-state index >= 15 is 0 Å². The van der Waals surface area contributed by atoms with E-state index in [-0.39, 0.29) is 36.2 Å². The zero-order valence-corrected chi connectivity index (χ0v) is 40.0. The smallest absolute Gasteiger partial charge is 0.362 e. The maximum absolute atomic E-state index is 12.8. The van der Waals surface area contributed by atoms with Crippen molar-refractivity contribution in [2.45, 2.75) is 187 Å². The number of rotatable bonds is 42. The van der Waals surface area contributed by atoms with E-state index in [4.69, 9.17) is 14.2 Å². The highest BCUT2D eigenvalue weighted by atomic mass is 16.6. The van der Waals surface area contributed by atoms with E-state index in [1.165, 1.54) is 32.1 Å². The van der Waals surface area contributed by atoms with Crippen LogP contribution in [0.15, 0.2) is 97.2 Å². The van der Waals surface area contributed by atoms with Gasteiger partial charge in [-0.25, -0.2) is 4.79 Å². The normalized spacial score (nSPS) is 13.8. The lowest BCUT2D eigenvalue weighted by atomic mass is 10.1. The lowest BCUT2D eigenvalue weighted by Crippen LogP contribution is -2.50. The molecule has 2 atom stereocenters. The zero-order valence-electron chi connectivity index (χ0n) is 40.0. The Balaban J connectivity index is 4.35. The summed E-state index contributed by atoms with van der Waals surface area (Å²) in [5, 5.41) is 9.64. The number of carbonyl (C=O) groups excluding carboxylic acids is 2. The first kappa shape index (κ1) is 58.2. The second-order valence-electron chi connectivity index (χ2n) is 17.0. The Morgan fingerprint density at radius 1 is 0.484 bits per heavy atom. The van der Waals surface area contributed by atoms with Crippen LogP contribution in [0, 0.1) is 0 Å².